The summed E-state index contributed by atoms with van der Waals surface area (Å²) >= 11 is 0. The van der Waals surface area contributed by atoms with Gasteiger partial charge in [-0.05, 0) is 23.8 Å². The van der Waals surface area contributed by atoms with Gasteiger partial charge >= 0.3 is 0 Å². The summed E-state index contributed by atoms with van der Waals surface area (Å²) in [4.78, 5) is 28.9. The number of amides is 2. The molecule has 2 aromatic carbocycles. The third-order valence-corrected chi connectivity index (χ3v) is 5.08. The summed E-state index contributed by atoms with van der Waals surface area (Å²) in [5.41, 5.74) is 3.16. The number of methoxy groups -OCH3 is 1. The van der Waals surface area contributed by atoms with Gasteiger partial charge in [-0.25, -0.2) is 4.98 Å². The van der Waals surface area contributed by atoms with Crippen LogP contribution >= 0.6 is 0 Å². The average Bonchev–Trinajstić information content (AvgIpc) is 2.73. The van der Waals surface area contributed by atoms with Crippen molar-refractivity contribution < 1.29 is 19.4 Å². The Hall–Kier alpha value is -3.61. The number of anilines is 2. The number of carbonyl (C=O) groups is 2. The van der Waals surface area contributed by atoms with Crippen LogP contribution in [0.25, 0.3) is 10.9 Å². The normalized spacial score (nSPS) is 15.5. The lowest BCUT2D eigenvalue weighted by molar-refractivity contribution is -0.117. The van der Waals surface area contributed by atoms with Crippen LogP contribution in [0.15, 0.2) is 42.5 Å². The molecule has 1 atom stereocenters. The van der Waals surface area contributed by atoms with Crippen molar-refractivity contribution in [3.05, 3.63) is 53.7 Å². The van der Waals surface area contributed by atoms with Crippen LogP contribution in [-0.4, -0.2) is 29.0 Å². The van der Waals surface area contributed by atoms with E-state index in [1.54, 1.807) is 25.1 Å². The smallest absolute Gasteiger partial charge is 0.225 e. The molecule has 3 N–H and O–H groups in total. The van der Waals surface area contributed by atoms with Gasteiger partial charge in [0.2, 0.25) is 11.8 Å². The molecule has 0 bridgehead atoms. The maximum absolute atomic E-state index is 12.3. The molecule has 7 nitrogen and oxygen atoms in total. The Balaban J connectivity index is 1.84. The average molecular weight is 391 g/mol. The van der Waals surface area contributed by atoms with E-state index in [9.17, 15) is 14.7 Å². The molecule has 29 heavy (non-hydrogen) atoms. The molecule has 1 aliphatic heterocycles. The van der Waals surface area contributed by atoms with E-state index < -0.39 is 0 Å². The molecule has 0 fully saturated rings. The SMILES string of the molecule is CCC(=O)Nc1cc2c(cc1OC)NC(=O)C[C@H]2c1ccc2cccc(O)c2n1. The molecule has 7 heteroatoms. The lowest BCUT2D eigenvalue weighted by Crippen LogP contribution is -2.24. The zero-order valence-corrected chi connectivity index (χ0v) is 16.2. The van der Waals surface area contributed by atoms with Gasteiger partial charge in [-0.2, -0.15) is 0 Å². The number of carbonyl (C=O) groups excluding carboxylic acids is 2. The fourth-order valence-corrected chi connectivity index (χ4v) is 3.60. The van der Waals surface area contributed by atoms with E-state index in [2.05, 4.69) is 15.6 Å². The second kappa shape index (κ2) is 7.43. The maximum atomic E-state index is 12.3. The van der Waals surface area contributed by atoms with E-state index in [-0.39, 0.29) is 29.9 Å². The van der Waals surface area contributed by atoms with Gasteiger partial charge in [0.05, 0.1) is 12.8 Å². The van der Waals surface area contributed by atoms with E-state index in [1.807, 2.05) is 24.3 Å². The second-order valence-corrected chi connectivity index (χ2v) is 6.93. The zero-order valence-electron chi connectivity index (χ0n) is 16.2. The number of hydrogen-bond acceptors (Lipinski definition) is 5. The summed E-state index contributed by atoms with van der Waals surface area (Å²) < 4.78 is 5.39. The first kappa shape index (κ1) is 18.7. The number of phenolic OH excluding ortho intramolecular Hbond substituents is 1. The minimum atomic E-state index is -0.314. The van der Waals surface area contributed by atoms with Gasteiger partial charge in [-0.15, -0.1) is 0 Å². The molecule has 0 aliphatic carbocycles. The van der Waals surface area contributed by atoms with Gasteiger partial charge in [0.25, 0.3) is 0 Å². The number of aromatic nitrogens is 1. The number of benzene rings is 2. The Morgan fingerprint density at radius 2 is 2.14 bits per heavy atom. The molecule has 148 valence electrons. The van der Waals surface area contributed by atoms with E-state index in [0.29, 0.717) is 34.8 Å². The van der Waals surface area contributed by atoms with Crippen LogP contribution in [0.3, 0.4) is 0 Å². The van der Waals surface area contributed by atoms with E-state index in [4.69, 9.17) is 4.74 Å². The molecule has 0 spiro atoms. The number of nitrogens with one attached hydrogen (secondary N) is 2. The Morgan fingerprint density at radius 1 is 1.31 bits per heavy atom. The number of aromatic hydroxyl groups is 1. The van der Waals surface area contributed by atoms with Crippen molar-refractivity contribution >= 4 is 34.1 Å². The molecule has 3 aromatic rings. The van der Waals surface area contributed by atoms with Crippen molar-refractivity contribution in [1.82, 2.24) is 4.98 Å². The highest BCUT2D eigenvalue weighted by molar-refractivity contribution is 5.98. The third-order valence-electron chi connectivity index (χ3n) is 5.08. The molecule has 2 heterocycles. The molecule has 4 rings (SSSR count). The second-order valence-electron chi connectivity index (χ2n) is 6.93. The maximum Gasteiger partial charge on any atom is 0.225 e. The predicted molar refractivity (Wildman–Crippen MR) is 110 cm³/mol. The number of fused-ring (bicyclic) bond motifs is 2. The van der Waals surface area contributed by atoms with Crippen molar-refractivity contribution in [1.29, 1.82) is 0 Å². The number of phenols is 1. The van der Waals surface area contributed by atoms with Crippen molar-refractivity contribution in [3.63, 3.8) is 0 Å². The van der Waals surface area contributed by atoms with Gasteiger partial charge in [0, 0.05) is 41.6 Å². The Morgan fingerprint density at radius 3 is 2.90 bits per heavy atom. The van der Waals surface area contributed by atoms with Crippen molar-refractivity contribution in [2.75, 3.05) is 17.7 Å². The van der Waals surface area contributed by atoms with Crippen LogP contribution in [0.5, 0.6) is 11.5 Å². The lowest BCUT2D eigenvalue weighted by atomic mass is 9.86. The fourth-order valence-electron chi connectivity index (χ4n) is 3.60. The minimum Gasteiger partial charge on any atom is -0.506 e. The largest absolute Gasteiger partial charge is 0.506 e. The van der Waals surface area contributed by atoms with Crippen LogP contribution in [0.2, 0.25) is 0 Å². The zero-order chi connectivity index (χ0) is 20.5. The van der Waals surface area contributed by atoms with Gasteiger partial charge < -0.3 is 20.5 Å². The summed E-state index contributed by atoms with van der Waals surface area (Å²) in [5, 5.41) is 16.7. The molecular weight excluding hydrogens is 370 g/mol. The quantitative estimate of drug-likeness (QED) is 0.629. The highest BCUT2D eigenvalue weighted by Gasteiger charge is 2.29. The van der Waals surface area contributed by atoms with Crippen LogP contribution in [0.4, 0.5) is 11.4 Å². The predicted octanol–water partition coefficient (Wildman–Crippen LogP) is 3.77. The first-order valence-corrected chi connectivity index (χ1v) is 9.40. The van der Waals surface area contributed by atoms with Gasteiger partial charge in [0.15, 0.2) is 0 Å². The van der Waals surface area contributed by atoms with Crippen LogP contribution in [0.1, 0.15) is 36.9 Å². The van der Waals surface area contributed by atoms with Crippen LogP contribution < -0.4 is 15.4 Å². The van der Waals surface area contributed by atoms with Gasteiger partial charge in [0.1, 0.15) is 17.0 Å². The monoisotopic (exact) mass is 391 g/mol. The highest BCUT2D eigenvalue weighted by Crippen LogP contribution is 2.42. The van der Waals surface area contributed by atoms with Crippen molar-refractivity contribution in [3.8, 4) is 11.5 Å². The number of ether oxygens (including phenoxy) is 1. The van der Waals surface area contributed by atoms with Gasteiger partial charge in [-0.1, -0.05) is 25.1 Å². The van der Waals surface area contributed by atoms with E-state index in [1.165, 1.54) is 7.11 Å². The lowest BCUT2D eigenvalue weighted by Gasteiger charge is -2.27. The Kier molecular flexibility index (Phi) is 4.80. The van der Waals surface area contributed by atoms with Gasteiger partial charge in [-0.3, -0.25) is 9.59 Å². The summed E-state index contributed by atoms with van der Waals surface area (Å²) in [5.74, 6) is -0.0144. The topological polar surface area (TPSA) is 101 Å². The molecule has 0 saturated heterocycles. The first-order chi connectivity index (χ1) is 14.0. The Labute approximate surface area is 167 Å². The molecule has 0 unspecified atom stereocenters. The number of hydrogen-bond donors (Lipinski definition) is 3. The third kappa shape index (κ3) is 3.47. The number of pyridine rings is 1. The Bertz CT molecular complexity index is 1130. The summed E-state index contributed by atoms with van der Waals surface area (Å²) in [7, 11) is 1.51. The van der Waals surface area contributed by atoms with E-state index >= 15 is 0 Å². The fraction of sp³-hybridized carbons (Fsp3) is 0.227. The molecule has 1 aromatic heterocycles. The molecular formula is C22H21N3O4. The highest BCUT2D eigenvalue weighted by atomic mass is 16.5. The summed E-state index contributed by atoms with van der Waals surface area (Å²) in [6.07, 6.45) is 0.554. The van der Waals surface area contributed by atoms with Crippen LogP contribution in [0, 0.1) is 0 Å². The molecule has 1 aliphatic rings. The first-order valence-electron chi connectivity index (χ1n) is 9.40. The van der Waals surface area contributed by atoms with Crippen molar-refractivity contribution in [2.45, 2.75) is 25.7 Å². The van der Waals surface area contributed by atoms with E-state index in [0.717, 1.165) is 10.9 Å². The minimum absolute atomic E-state index is 0.0930. The number of rotatable bonds is 4. The summed E-state index contributed by atoms with van der Waals surface area (Å²) in [6.45, 7) is 1.77. The molecule has 0 saturated carbocycles. The summed E-state index contributed by atoms with van der Waals surface area (Å²) in [6, 6.07) is 12.5. The standard InChI is InChI=1S/C22H21N3O4/c1-3-20(27)24-17-9-13-14(10-21(28)23-16(13)11-19(17)29-2)15-8-7-12-5-4-6-18(26)22(12)25-15/h4-9,11,14,26H,3,10H2,1-2H3,(H,23,28)(H,24,27)/t14-/m1/s1. The molecule has 2 amide bonds. The number of nitrogens with zero attached hydrogens (tertiary/aromatic N) is 1. The molecule has 0 radical (unpaired) electrons. The van der Waals surface area contributed by atoms with Crippen molar-refractivity contribution in [2.24, 2.45) is 0 Å². The van der Waals surface area contributed by atoms with Crippen LogP contribution in [-0.2, 0) is 9.59 Å². The number of para-hydroxylation sites is 1.